The van der Waals surface area contributed by atoms with Gasteiger partial charge >= 0.3 is 5.69 Å². The first-order chi connectivity index (χ1) is 7.56. The van der Waals surface area contributed by atoms with Gasteiger partial charge in [-0.05, 0) is 6.07 Å². The monoisotopic (exact) mass is 261 g/mol. The summed E-state index contributed by atoms with van der Waals surface area (Å²) in [5.41, 5.74) is -0.442. The molecule has 0 saturated carbocycles. The van der Waals surface area contributed by atoms with Crippen LogP contribution >= 0.6 is 23.2 Å². The largest absolute Gasteiger partial charge is 0.306 e. The van der Waals surface area contributed by atoms with Gasteiger partial charge in [-0.15, -0.1) is 11.6 Å². The molecule has 0 aliphatic rings. The molecule has 0 aliphatic carbocycles. The molecule has 1 aromatic rings. The quantitative estimate of drug-likeness (QED) is 0.355. The van der Waals surface area contributed by atoms with E-state index in [9.17, 15) is 14.5 Å². The predicted octanol–water partition coefficient (Wildman–Crippen LogP) is 3.37. The first-order valence-corrected chi connectivity index (χ1v) is 5.15. The van der Waals surface area contributed by atoms with Crippen LogP contribution in [0.25, 0.3) is 0 Å². The van der Waals surface area contributed by atoms with E-state index in [4.69, 9.17) is 23.2 Å². The number of halogens is 3. The molecule has 0 fully saturated rings. The minimum atomic E-state index is -0.954. The molecule has 0 atom stereocenters. The van der Waals surface area contributed by atoms with E-state index < -0.39 is 16.4 Å². The second-order valence-corrected chi connectivity index (χ2v) is 3.57. The molecule has 16 heavy (non-hydrogen) atoms. The van der Waals surface area contributed by atoms with E-state index in [2.05, 4.69) is 11.8 Å². The van der Waals surface area contributed by atoms with Gasteiger partial charge in [0.2, 0.25) is 5.82 Å². The van der Waals surface area contributed by atoms with Gasteiger partial charge in [0, 0.05) is 23.9 Å². The highest BCUT2D eigenvalue weighted by atomic mass is 35.5. The van der Waals surface area contributed by atoms with E-state index in [1.165, 1.54) is 0 Å². The maximum atomic E-state index is 13.2. The molecule has 0 spiro atoms. The van der Waals surface area contributed by atoms with Gasteiger partial charge in [0.15, 0.2) is 0 Å². The molecule has 0 unspecified atom stereocenters. The number of nitrogens with zero attached hydrogens (tertiary/aromatic N) is 1. The summed E-state index contributed by atoms with van der Waals surface area (Å²) in [6.45, 7) is 0. The predicted molar refractivity (Wildman–Crippen MR) is 60.3 cm³/mol. The van der Waals surface area contributed by atoms with Crippen molar-refractivity contribution in [2.45, 2.75) is 6.42 Å². The molecule has 0 aliphatic heterocycles. The Hall–Kier alpha value is -1.31. The molecule has 84 valence electrons. The summed E-state index contributed by atoms with van der Waals surface area (Å²) in [6, 6.07) is 1.89. The molecule has 1 aromatic carbocycles. The molecule has 0 aromatic heterocycles. The summed E-state index contributed by atoms with van der Waals surface area (Å²) >= 11 is 11.1. The lowest BCUT2D eigenvalue weighted by molar-refractivity contribution is -0.387. The highest BCUT2D eigenvalue weighted by Crippen LogP contribution is 2.25. The Balaban J connectivity index is 3.12. The first kappa shape index (κ1) is 12.8. The first-order valence-electron chi connectivity index (χ1n) is 4.24. The van der Waals surface area contributed by atoms with Crippen LogP contribution in [0, 0.1) is 27.8 Å². The fraction of sp³-hybridized carbons (Fsp3) is 0.200. The molecule has 0 N–H and O–H groups in total. The Morgan fingerprint density at radius 3 is 2.75 bits per heavy atom. The van der Waals surface area contributed by atoms with Crippen molar-refractivity contribution in [3.63, 3.8) is 0 Å². The summed E-state index contributed by atoms with van der Waals surface area (Å²) in [4.78, 5) is 9.56. The lowest BCUT2D eigenvalue weighted by Gasteiger charge is -1.97. The van der Waals surface area contributed by atoms with Crippen LogP contribution in [-0.2, 0) is 0 Å². The molecule has 0 radical (unpaired) electrons. The summed E-state index contributed by atoms with van der Waals surface area (Å²) in [6.07, 6.45) is 0.441. The van der Waals surface area contributed by atoms with Crippen molar-refractivity contribution >= 4 is 28.9 Å². The molecule has 6 heteroatoms. The molecular formula is C10H6Cl2FNO2. The highest BCUT2D eigenvalue weighted by Gasteiger charge is 2.16. The van der Waals surface area contributed by atoms with Crippen molar-refractivity contribution in [3.8, 4) is 11.8 Å². The second kappa shape index (κ2) is 5.69. The highest BCUT2D eigenvalue weighted by molar-refractivity contribution is 6.32. The number of rotatable bonds is 2. The van der Waals surface area contributed by atoms with Gasteiger partial charge in [-0.25, -0.2) is 0 Å². The Bertz CT molecular complexity index is 480. The number of benzene rings is 1. The fourth-order valence-electron chi connectivity index (χ4n) is 0.977. The van der Waals surface area contributed by atoms with Gasteiger partial charge in [0.1, 0.15) is 0 Å². The summed E-state index contributed by atoms with van der Waals surface area (Å²) in [5.74, 6) is 4.66. The second-order valence-electron chi connectivity index (χ2n) is 2.78. The molecule has 0 amide bonds. The van der Waals surface area contributed by atoms with Crippen molar-refractivity contribution in [1.82, 2.24) is 0 Å². The zero-order valence-electron chi connectivity index (χ0n) is 7.97. The van der Waals surface area contributed by atoms with Crippen molar-refractivity contribution in [1.29, 1.82) is 0 Å². The Morgan fingerprint density at radius 2 is 2.19 bits per heavy atom. The topological polar surface area (TPSA) is 43.1 Å². The van der Waals surface area contributed by atoms with Crippen LogP contribution in [-0.4, -0.2) is 10.8 Å². The Labute approximate surface area is 101 Å². The molecule has 0 saturated heterocycles. The number of alkyl halides is 1. The zero-order valence-corrected chi connectivity index (χ0v) is 9.48. The third-order valence-corrected chi connectivity index (χ3v) is 2.18. The SMILES string of the molecule is O=[N+]([O-])c1cc(Cl)c(C#CCCCl)cc1F. The molecule has 0 bridgehead atoms. The van der Waals surface area contributed by atoms with Crippen molar-refractivity contribution < 1.29 is 9.31 Å². The van der Waals surface area contributed by atoms with Crippen molar-refractivity contribution in [2.24, 2.45) is 0 Å². The smallest absolute Gasteiger partial charge is 0.258 e. The van der Waals surface area contributed by atoms with Gasteiger partial charge in [-0.2, -0.15) is 4.39 Å². The minimum absolute atomic E-state index is 0.0511. The molecular weight excluding hydrogens is 256 g/mol. The number of hydrogen-bond acceptors (Lipinski definition) is 2. The molecule has 3 nitrogen and oxygen atoms in total. The van der Waals surface area contributed by atoms with Crippen molar-refractivity contribution in [2.75, 3.05) is 5.88 Å². The van der Waals surface area contributed by atoms with E-state index in [0.717, 1.165) is 12.1 Å². The van der Waals surface area contributed by atoms with E-state index in [0.29, 0.717) is 12.3 Å². The molecule has 0 heterocycles. The lowest BCUT2D eigenvalue weighted by atomic mass is 10.2. The van der Waals surface area contributed by atoms with Crippen LogP contribution in [0.15, 0.2) is 12.1 Å². The third kappa shape index (κ3) is 3.09. The van der Waals surface area contributed by atoms with Crippen LogP contribution in [0.5, 0.6) is 0 Å². The van der Waals surface area contributed by atoms with Gasteiger partial charge in [0.25, 0.3) is 0 Å². The minimum Gasteiger partial charge on any atom is -0.258 e. The van der Waals surface area contributed by atoms with Gasteiger partial charge in [-0.3, -0.25) is 10.1 Å². The summed E-state index contributed by atoms with van der Waals surface area (Å²) in [7, 11) is 0. The average Bonchev–Trinajstić information content (AvgIpc) is 2.22. The standard InChI is InChI=1S/C10H6Cl2FNO2/c11-4-2-1-3-7-5-9(13)10(14(15)16)6-8(7)12/h5-6H,2,4H2. The lowest BCUT2D eigenvalue weighted by Crippen LogP contribution is -1.93. The Kier molecular flexibility index (Phi) is 4.53. The van der Waals surface area contributed by atoms with Crippen LogP contribution in [0.2, 0.25) is 5.02 Å². The maximum absolute atomic E-state index is 13.2. The third-order valence-electron chi connectivity index (χ3n) is 1.68. The van der Waals surface area contributed by atoms with E-state index >= 15 is 0 Å². The maximum Gasteiger partial charge on any atom is 0.306 e. The van der Waals surface area contributed by atoms with Crippen LogP contribution in [0.3, 0.4) is 0 Å². The molecule has 1 rings (SSSR count). The van der Waals surface area contributed by atoms with Gasteiger partial charge in [-0.1, -0.05) is 23.4 Å². The van der Waals surface area contributed by atoms with E-state index in [1.807, 2.05) is 0 Å². The Morgan fingerprint density at radius 1 is 1.50 bits per heavy atom. The zero-order chi connectivity index (χ0) is 12.1. The van der Waals surface area contributed by atoms with Gasteiger partial charge < -0.3 is 0 Å². The summed E-state index contributed by atoms with van der Waals surface area (Å²) < 4.78 is 13.2. The van der Waals surface area contributed by atoms with Crippen LogP contribution in [0.4, 0.5) is 10.1 Å². The summed E-state index contributed by atoms with van der Waals surface area (Å²) in [5, 5.41) is 10.5. The van der Waals surface area contributed by atoms with E-state index in [-0.39, 0.29) is 10.6 Å². The van der Waals surface area contributed by atoms with Crippen LogP contribution < -0.4 is 0 Å². The van der Waals surface area contributed by atoms with Crippen molar-refractivity contribution in [3.05, 3.63) is 38.7 Å². The number of nitro benzene ring substituents is 1. The van der Waals surface area contributed by atoms with Crippen LogP contribution in [0.1, 0.15) is 12.0 Å². The van der Waals surface area contributed by atoms with Gasteiger partial charge in [0.05, 0.1) is 9.95 Å². The fourth-order valence-corrected chi connectivity index (χ4v) is 1.28. The van der Waals surface area contributed by atoms with E-state index in [1.54, 1.807) is 0 Å². The normalized spacial score (nSPS) is 9.44. The number of hydrogen-bond donors (Lipinski definition) is 0. The average molecular weight is 262 g/mol. The number of nitro groups is 1.